The summed E-state index contributed by atoms with van der Waals surface area (Å²) in [6.45, 7) is 0.422. The van der Waals surface area contributed by atoms with E-state index in [1.165, 1.54) is 11.6 Å². The van der Waals surface area contributed by atoms with Gasteiger partial charge in [0.1, 0.15) is 11.5 Å². The maximum absolute atomic E-state index is 14.0. The lowest BCUT2D eigenvalue weighted by molar-refractivity contribution is 0.411. The van der Waals surface area contributed by atoms with E-state index >= 15 is 0 Å². The summed E-state index contributed by atoms with van der Waals surface area (Å²) in [4.78, 5) is 8.70. The molecule has 0 amide bonds. The van der Waals surface area contributed by atoms with Gasteiger partial charge in [-0.05, 0) is 25.3 Å². The molecule has 0 bridgehead atoms. The van der Waals surface area contributed by atoms with Crippen molar-refractivity contribution < 1.29 is 9.13 Å². The minimum Gasteiger partial charge on any atom is -0.494 e. The Hall–Kier alpha value is -2.76. The van der Waals surface area contributed by atoms with Crippen LogP contribution in [-0.4, -0.2) is 26.9 Å². The molecule has 0 N–H and O–H groups in total. The van der Waals surface area contributed by atoms with Gasteiger partial charge >= 0.3 is 0 Å². The highest BCUT2D eigenvalue weighted by Gasteiger charge is 2.25. The first kappa shape index (κ1) is 14.8. The number of ether oxygens (including phenoxy) is 1. The Morgan fingerprint density at radius 2 is 1.96 bits per heavy atom. The number of halogens is 1. The second kappa shape index (κ2) is 6.03. The fourth-order valence-corrected chi connectivity index (χ4v) is 3.15. The minimum absolute atomic E-state index is 0.206. The third-order valence-corrected chi connectivity index (χ3v) is 4.36. The first-order valence-corrected chi connectivity index (χ1v) is 7.94. The van der Waals surface area contributed by atoms with Gasteiger partial charge in [0.25, 0.3) is 0 Å². The number of hydrogen-bond acceptors (Lipinski definition) is 4. The smallest absolute Gasteiger partial charge is 0.180 e. The van der Waals surface area contributed by atoms with E-state index in [1.54, 1.807) is 31.6 Å². The van der Waals surface area contributed by atoms with Crippen LogP contribution in [0.2, 0.25) is 0 Å². The van der Waals surface area contributed by atoms with Gasteiger partial charge in [-0.2, -0.15) is 5.10 Å². The van der Waals surface area contributed by atoms with Gasteiger partial charge in [-0.1, -0.05) is 18.2 Å². The molecule has 5 nitrogen and oxygen atoms in total. The molecule has 6 heteroatoms. The molecule has 2 aromatic heterocycles. The van der Waals surface area contributed by atoms with Gasteiger partial charge in [0, 0.05) is 16.8 Å². The average Bonchev–Trinajstić information content (AvgIpc) is 3.21. The Morgan fingerprint density at radius 1 is 1.17 bits per heavy atom. The third-order valence-electron chi connectivity index (χ3n) is 4.36. The Labute approximate surface area is 139 Å². The van der Waals surface area contributed by atoms with Crippen molar-refractivity contribution in [2.45, 2.75) is 25.8 Å². The van der Waals surface area contributed by atoms with Crippen molar-refractivity contribution in [3.63, 3.8) is 0 Å². The van der Waals surface area contributed by atoms with Crippen LogP contribution in [-0.2, 0) is 19.4 Å². The number of methoxy groups -OCH3 is 1. The fourth-order valence-electron chi connectivity index (χ4n) is 3.15. The molecular weight excluding hydrogens is 307 g/mol. The zero-order valence-electron chi connectivity index (χ0n) is 13.4. The Kier molecular flexibility index (Phi) is 3.72. The van der Waals surface area contributed by atoms with Gasteiger partial charge in [0.05, 0.1) is 26.0 Å². The van der Waals surface area contributed by atoms with Gasteiger partial charge in [0.2, 0.25) is 0 Å². The van der Waals surface area contributed by atoms with Crippen LogP contribution in [0.5, 0.6) is 5.75 Å². The summed E-state index contributed by atoms with van der Waals surface area (Å²) < 4.78 is 21.0. The third kappa shape index (κ3) is 2.54. The molecule has 0 atom stereocenters. The molecule has 0 aliphatic heterocycles. The lowest BCUT2D eigenvalue weighted by Gasteiger charge is -2.06. The number of fused-ring (bicyclic) bond motifs is 1. The van der Waals surface area contributed by atoms with E-state index in [0.717, 1.165) is 30.7 Å². The second-order valence-electron chi connectivity index (χ2n) is 5.82. The van der Waals surface area contributed by atoms with Crippen LogP contribution in [0, 0.1) is 5.82 Å². The molecule has 1 aromatic carbocycles. The quantitative estimate of drug-likeness (QED) is 0.740. The molecule has 0 radical (unpaired) electrons. The topological polar surface area (TPSA) is 52.8 Å². The Bertz CT molecular complexity index is 873. The molecule has 0 unspecified atom stereocenters. The second-order valence-corrected chi connectivity index (χ2v) is 5.82. The van der Waals surface area contributed by atoms with Crippen LogP contribution in [0.4, 0.5) is 4.39 Å². The first-order valence-electron chi connectivity index (χ1n) is 7.94. The van der Waals surface area contributed by atoms with Gasteiger partial charge < -0.3 is 4.74 Å². The standard InChI is InChI=1S/C18H17FN4O/c1-24-13-9-20-18(21-10-13)17-14-6-4-8-16(14)23(22-17)11-12-5-2-3-7-15(12)19/h2-3,5,7,9-10H,4,6,8,11H2,1H3. The molecule has 4 rings (SSSR count). The number of hydrogen-bond donors (Lipinski definition) is 0. The molecule has 24 heavy (non-hydrogen) atoms. The number of nitrogens with zero attached hydrogens (tertiary/aromatic N) is 4. The monoisotopic (exact) mass is 324 g/mol. The van der Waals surface area contributed by atoms with Crippen molar-refractivity contribution in [1.29, 1.82) is 0 Å². The Balaban J connectivity index is 1.73. The molecule has 1 aliphatic carbocycles. The molecule has 2 heterocycles. The highest BCUT2D eigenvalue weighted by atomic mass is 19.1. The molecule has 1 aliphatic rings. The van der Waals surface area contributed by atoms with E-state index in [1.807, 2.05) is 10.7 Å². The van der Waals surface area contributed by atoms with Crippen molar-refractivity contribution in [3.8, 4) is 17.3 Å². The van der Waals surface area contributed by atoms with Crippen LogP contribution < -0.4 is 4.74 Å². The maximum atomic E-state index is 14.0. The molecule has 3 aromatic rings. The predicted molar refractivity (Wildman–Crippen MR) is 87.3 cm³/mol. The highest BCUT2D eigenvalue weighted by molar-refractivity contribution is 5.58. The molecule has 122 valence electrons. The maximum Gasteiger partial charge on any atom is 0.180 e. The van der Waals surface area contributed by atoms with E-state index in [-0.39, 0.29) is 5.82 Å². The average molecular weight is 324 g/mol. The molecule has 0 saturated heterocycles. The van der Waals surface area contributed by atoms with Crippen molar-refractivity contribution in [2.24, 2.45) is 0 Å². The van der Waals surface area contributed by atoms with Crippen molar-refractivity contribution >= 4 is 0 Å². The van der Waals surface area contributed by atoms with Gasteiger partial charge in [-0.3, -0.25) is 4.68 Å². The number of aromatic nitrogens is 4. The number of benzene rings is 1. The molecule has 0 saturated carbocycles. The van der Waals surface area contributed by atoms with Gasteiger partial charge in [0.15, 0.2) is 11.6 Å². The first-order chi connectivity index (χ1) is 11.8. The summed E-state index contributed by atoms with van der Waals surface area (Å²) in [5.41, 5.74) is 3.77. The van der Waals surface area contributed by atoms with Crippen LogP contribution in [0.3, 0.4) is 0 Å². The van der Waals surface area contributed by atoms with E-state index in [4.69, 9.17) is 4.74 Å². The summed E-state index contributed by atoms with van der Waals surface area (Å²) >= 11 is 0. The Morgan fingerprint density at radius 3 is 2.71 bits per heavy atom. The van der Waals surface area contributed by atoms with E-state index in [9.17, 15) is 4.39 Å². The minimum atomic E-state index is -0.206. The summed E-state index contributed by atoms with van der Waals surface area (Å²) in [6, 6.07) is 6.81. The van der Waals surface area contributed by atoms with Crippen LogP contribution in [0.15, 0.2) is 36.7 Å². The lowest BCUT2D eigenvalue weighted by Crippen LogP contribution is -2.07. The van der Waals surface area contributed by atoms with E-state index < -0.39 is 0 Å². The zero-order valence-corrected chi connectivity index (χ0v) is 13.4. The van der Waals surface area contributed by atoms with Crippen molar-refractivity contribution in [2.75, 3.05) is 7.11 Å². The SMILES string of the molecule is COc1cnc(-c2nn(Cc3ccccc3F)c3c2CCC3)nc1. The number of rotatable bonds is 4. The highest BCUT2D eigenvalue weighted by Crippen LogP contribution is 2.31. The summed E-state index contributed by atoms with van der Waals surface area (Å²) in [5.74, 6) is 0.990. The van der Waals surface area contributed by atoms with E-state index in [0.29, 0.717) is 23.7 Å². The fraction of sp³-hybridized carbons (Fsp3) is 0.278. The van der Waals surface area contributed by atoms with Crippen LogP contribution in [0.25, 0.3) is 11.5 Å². The van der Waals surface area contributed by atoms with Crippen molar-refractivity contribution in [3.05, 3.63) is 59.3 Å². The van der Waals surface area contributed by atoms with Crippen LogP contribution >= 0.6 is 0 Å². The summed E-state index contributed by atoms with van der Waals surface area (Å²) in [5, 5.41) is 4.68. The summed E-state index contributed by atoms with van der Waals surface area (Å²) in [7, 11) is 1.58. The van der Waals surface area contributed by atoms with Gasteiger partial charge in [-0.25, -0.2) is 14.4 Å². The van der Waals surface area contributed by atoms with E-state index in [2.05, 4.69) is 15.1 Å². The van der Waals surface area contributed by atoms with Gasteiger partial charge in [-0.15, -0.1) is 0 Å². The lowest BCUT2D eigenvalue weighted by atomic mass is 10.2. The largest absolute Gasteiger partial charge is 0.494 e. The zero-order chi connectivity index (χ0) is 16.5. The van der Waals surface area contributed by atoms with Crippen LogP contribution in [0.1, 0.15) is 23.2 Å². The molecular formula is C18H17FN4O. The van der Waals surface area contributed by atoms with Crippen molar-refractivity contribution in [1.82, 2.24) is 19.7 Å². The normalized spacial score (nSPS) is 13.1. The predicted octanol–water partition coefficient (Wildman–Crippen LogP) is 3.02. The molecule has 0 fully saturated rings. The summed E-state index contributed by atoms with van der Waals surface area (Å²) in [6.07, 6.45) is 6.26. The molecule has 0 spiro atoms.